The number of carbonyl (C=O) groups excluding carboxylic acids is 2. The summed E-state index contributed by atoms with van der Waals surface area (Å²) in [5, 5.41) is 0. The molecule has 3 fully saturated rings. The minimum absolute atomic E-state index is 0.0284. The maximum Gasteiger partial charge on any atom is 0.240 e. The third kappa shape index (κ3) is 4.54. The molecule has 1 aliphatic carbocycles. The van der Waals surface area contributed by atoms with Gasteiger partial charge in [0, 0.05) is 45.3 Å². The maximum absolute atomic E-state index is 12.9. The highest BCUT2D eigenvalue weighted by atomic mass is 16.2. The van der Waals surface area contributed by atoms with Gasteiger partial charge < -0.3 is 9.80 Å². The first kappa shape index (κ1) is 19.4. The van der Waals surface area contributed by atoms with Gasteiger partial charge in [-0.05, 0) is 37.3 Å². The van der Waals surface area contributed by atoms with Gasteiger partial charge in [0.15, 0.2) is 0 Å². The highest BCUT2D eigenvalue weighted by molar-refractivity contribution is 5.84. The molecule has 0 spiro atoms. The Morgan fingerprint density at radius 1 is 1.00 bits per heavy atom. The van der Waals surface area contributed by atoms with Gasteiger partial charge in [0.25, 0.3) is 0 Å². The number of aromatic nitrogens is 1. The molecule has 1 unspecified atom stereocenters. The van der Waals surface area contributed by atoms with Crippen molar-refractivity contribution in [1.82, 2.24) is 19.7 Å². The smallest absolute Gasteiger partial charge is 0.240 e. The molecular weight excluding hydrogens is 352 g/mol. The Labute approximate surface area is 167 Å². The molecule has 152 valence electrons. The van der Waals surface area contributed by atoms with Crippen LogP contribution in [0.15, 0.2) is 24.4 Å². The van der Waals surface area contributed by atoms with Crippen LogP contribution >= 0.6 is 0 Å². The minimum Gasteiger partial charge on any atom is -0.340 e. The number of carbonyl (C=O) groups is 2. The zero-order chi connectivity index (χ0) is 19.3. The minimum atomic E-state index is -0.0284. The van der Waals surface area contributed by atoms with Gasteiger partial charge in [-0.2, -0.15) is 0 Å². The second kappa shape index (κ2) is 9.03. The molecule has 2 aliphatic heterocycles. The Kier molecular flexibility index (Phi) is 6.25. The van der Waals surface area contributed by atoms with E-state index in [4.69, 9.17) is 0 Å². The summed E-state index contributed by atoms with van der Waals surface area (Å²) >= 11 is 0. The molecule has 3 aliphatic rings. The van der Waals surface area contributed by atoms with E-state index in [-0.39, 0.29) is 11.9 Å². The van der Waals surface area contributed by atoms with Crippen molar-refractivity contribution >= 4 is 11.8 Å². The third-order valence-corrected chi connectivity index (χ3v) is 6.64. The van der Waals surface area contributed by atoms with Crippen LogP contribution in [0.2, 0.25) is 0 Å². The zero-order valence-electron chi connectivity index (χ0n) is 16.8. The third-order valence-electron chi connectivity index (χ3n) is 6.64. The second-order valence-corrected chi connectivity index (χ2v) is 8.51. The van der Waals surface area contributed by atoms with Crippen molar-refractivity contribution < 1.29 is 9.59 Å². The van der Waals surface area contributed by atoms with Gasteiger partial charge in [0.2, 0.25) is 11.8 Å². The number of hydrogen-bond acceptors (Lipinski definition) is 4. The van der Waals surface area contributed by atoms with Crippen molar-refractivity contribution in [2.45, 2.75) is 57.5 Å². The normalized spacial score (nSPS) is 24.7. The highest BCUT2D eigenvalue weighted by Gasteiger charge is 2.37. The van der Waals surface area contributed by atoms with E-state index in [0.29, 0.717) is 18.4 Å². The van der Waals surface area contributed by atoms with Crippen molar-refractivity contribution in [1.29, 1.82) is 0 Å². The van der Waals surface area contributed by atoms with Crippen molar-refractivity contribution in [2.24, 2.45) is 5.92 Å². The Bertz CT molecular complexity index is 666. The highest BCUT2D eigenvalue weighted by Crippen LogP contribution is 2.27. The Hall–Kier alpha value is -1.95. The monoisotopic (exact) mass is 384 g/mol. The van der Waals surface area contributed by atoms with E-state index < -0.39 is 0 Å². The topological polar surface area (TPSA) is 56.8 Å². The van der Waals surface area contributed by atoms with Crippen LogP contribution in [-0.2, 0) is 16.1 Å². The molecule has 0 radical (unpaired) electrons. The lowest BCUT2D eigenvalue weighted by atomic mass is 9.86. The molecule has 0 N–H and O–H groups in total. The van der Waals surface area contributed by atoms with E-state index in [1.807, 2.05) is 28.0 Å². The van der Waals surface area contributed by atoms with Crippen LogP contribution in [0.1, 0.15) is 50.6 Å². The van der Waals surface area contributed by atoms with Gasteiger partial charge in [-0.25, -0.2) is 0 Å². The van der Waals surface area contributed by atoms with Crippen LogP contribution in [0.3, 0.4) is 0 Å². The SMILES string of the molecule is O=C(CC1CCCCC1)N1CCN(C2CCN(Cc3ccccn3)C2=O)CC1. The molecule has 1 aromatic rings. The predicted molar refractivity (Wildman–Crippen MR) is 107 cm³/mol. The first-order valence-corrected chi connectivity index (χ1v) is 10.9. The summed E-state index contributed by atoms with van der Waals surface area (Å²) in [6, 6.07) is 5.80. The van der Waals surface area contributed by atoms with Crippen LogP contribution in [0.5, 0.6) is 0 Å². The molecule has 1 saturated carbocycles. The fourth-order valence-corrected chi connectivity index (χ4v) is 4.96. The number of pyridine rings is 1. The Morgan fingerprint density at radius 2 is 1.79 bits per heavy atom. The van der Waals surface area contributed by atoms with Crippen LogP contribution < -0.4 is 0 Å². The fraction of sp³-hybridized carbons (Fsp3) is 0.682. The van der Waals surface area contributed by atoms with Crippen molar-refractivity contribution in [2.75, 3.05) is 32.7 Å². The van der Waals surface area contributed by atoms with Crippen molar-refractivity contribution in [3.8, 4) is 0 Å². The Morgan fingerprint density at radius 3 is 2.50 bits per heavy atom. The van der Waals surface area contributed by atoms with E-state index in [0.717, 1.165) is 51.3 Å². The van der Waals surface area contributed by atoms with Crippen LogP contribution in [0, 0.1) is 5.92 Å². The average molecular weight is 385 g/mol. The summed E-state index contributed by atoms with van der Waals surface area (Å²) in [5.74, 6) is 1.13. The quantitative estimate of drug-likeness (QED) is 0.782. The molecule has 28 heavy (non-hydrogen) atoms. The fourth-order valence-electron chi connectivity index (χ4n) is 4.96. The van der Waals surface area contributed by atoms with Gasteiger partial charge in [0.05, 0.1) is 18.3 Å². The van der Waals surface area contributed by atoms with E-state index in [1.54, 1.807) is 6.20 Å². The molecule has 6 nitrogen and oxygen atoms in total. The largest absolute Gasteiger partial charge is 0.340 e. The summed E-state index contributed by atoms with van der Waals surface area (Å²) in [6.07, 6.45) is 9.70. The van der Waals surface area contributed by atoms with Crippen molar-refractivity contribution in [3.63, 3.8) is 0 Å². The predicted octanol–water partition coefficient (Wildman–Crippen LogP) is 2.30. The summed E-state index contributed by atoms with van der Waals surface area (Å²) < 4.78 is 0. The molecule has 4 rings (SSSR count). The van der Waals surface area contributed by atoms with Gasteiger partial charge >= 0.3 is 0 Å². The lowest BCUT2D eigenvalue weighted by Crippen LogP contribution is -2.54. The number of nitrogens with zero attached hydrogens (tertiary/aromatic N) is 4. The van der Waals surface area contributed by atoms with Crippen molar-refractivity contribution in [3.05, 3.63) is 30.1 Å². The van der Waals surface area contributed by atoms with Crippen LogP contribution in [0.4, 0.5) is 0 Å². The standard InChI is InChI=1S/C22H32N4O2/c27-21(16-18-6-2-1-3-7-18)25-14-12-24(13-15-25)20-9-11-26(22(20)28)17-19-8-4-5-10-23-19/h4-5,8,10,18,20H,1-3,6-7,9,11-17H2. The summed E-state index contributed by atoms with van der Waals surface area (Å²) in [4.78, 5) is 36.1. The second-order valence-electron chi connectivity index (χ2n) is 8.51. The average Bonchev–Trinajstić information content (AvgIpc) is 3.10. The summed E-state index contributed by atoms with van der Waals surface area (Å²) in [5.41, 5.74) is 0.939. The van der Waals surface area contributed by atoms with E-state index in [2.05, 4.69) is 9.88 Å². The number of amides is 2. The molecular formula is C22H32N4O2. The number of rotatable bonds is 5. The molecule has 2 saturated heterocycles. The molecule has 3 heterocycles. The van der Waals surface area contributed by atoms with Gasteiger partial charge in [-0.1, -0.05) is 25.3 Å². The van der Waals surface area contributed by atoms with E-state index in [1.165, 1.54) is 32.1 Å². The zero-order valence-corrected chi connectivity index (χ0v) is 16.8. The molecule has 2 amide bonds. The van der Waals surface area contributed by atoms with E-state index in [9.17, 15) is 9.59 Å². The number of likely N-dealkylation sites (tertiary alicyclic amines) is 1. The number of hydrogen-bond donors (Lipinski definition) is 0. The molecule has 0 bridgehead atoms. The molecule has 1 atom stereocenters. The maximum atomic E-state index is 12.9. The molecule has 6 heteroatoms. The lowest BCUT2D eigenvalue weighted by Gasteiger charge is -2.38. The Balaban J connectivity index is 1.24. The summed E-state index contributed by atoms with van der Waals surface area (Å²) in [7, 11) is 0. The van der Waals surface area contributed by atoms with Gasteiger partial charge in [-0.15, -0.1) is 0 Å². The van der Waals surface area contributed by atoms with Crippen LogP contribution in [0.25, 0.3) is 0 Å². The van der Waals surface area contributed by atoms with Crippen LogP contribution in [-0.4, -0.2) is 70.3 Å². The van der Waals surface area contributed by atoms with Gasteiger partial charge in [-0.3, -0.25) is 19.5 Å². The van der Waals surface area contributed by atoms with Gasteiger partial charge in [0.1, 0.15) is 0 Å². The van der Waals surface area contributed by atoms with E-state index >= 15 is 0 Å². The molecule has 0 aromatic carbocycles. The number of piperazine rings is 1. The lowest BCUT2D eigenvalue weighted by molar-refractivity contribution is -0.136. The first-order chi connectivity index (χ1) is 13.7. The summed E-state index contributed by atoms with van der Waals surface area (Å²) in [6.45, 7) is 4.52. The molecule has 1 aromatic heterocycles. The first-order valence-electron chi connectivity index (χ1n) is 10.9.